The minimum Gasteiger partial charge on any atom is -0.426 e. The second kappa shape index (κ2) is 10.5. The van der Waals surface area contributed by atoms with Gasteiger partial charge in [0.05, 0.1) is 34.1 Å². The number of alkyl halides is 2. The number of hydrogen-bond donors (Lipinski definition) is 0. The van der Waals surface area contributed by atoms with Gasteiger partial charge in [-0.1, -0.05) is 37.9 Å². The van der Waals surface area contributed by atoms with Crippen LogP contribution in [0, 0.1) is 41.7 Å². The molecule has 204 valence electrons. The topological polar surface area (TPSA) is 127 Å². The standard InChI is InChI=1S/C27H25Br2N3O7/c1-13-3-4-16(9-23(13)32(37)38)30-12-15(8-24(30)33)27(36)39-17-5-6-22(14(2)7-17)31-25(34)18-10-20(28)21(29)11-19(18)26(31)35/h3-7,9,15,18-21H,8,10-12H2,1-2H3/t15-,18-,19-,20+,21+/m1/s1. The van der Waals surface area contributed by atoms with Crippen LogP contribution in [0.3, 0.4) is 0 Å². The molecule has 2 aromatic carbocycles. The Labute approximate surface area is 241 Å². The van der Waals surface area contributed by atoms with Gasteiger partial charge in [-0.25, -0.2) is 4.90 Å². The maximum absolute atomic E-state index is 13.2. The monoisotopic (exact) mass is 661 g/mol. The second-order valence-corrected chi connectivity index (χ2v) is 12.6. The number of fused-ring (bicyclic) bond motifs is 1. The molecule has 0 radical (unpaired) electrons. The Morgan fingerprint density at radius 3 is 2.21 bits per heavy atom. The number of halogens is 2. The molecule has 2 heterocycles. The maximum Gasteiger partial charge on any atom is 0.316 e. The van der Waals surface area contributed by atoms with Crippen molar-refractivity contribution < 1.29 is 28.8 Å². The van der Waals surface area contributed by atoms with Gasteiger partial charge in [0.25, 0.3) is 5.69 Å². The number of nitro groups is 1. The molecule has 5 rings (SSSR count). The van der Waals surface area contributed by atoms with Crippen molar-refractivity contribution in [3.8, 4) is 5.75 Å². The van der Waals surface area contributed by atoms with Gasteiger partial charge in [-0.05, 0) is 56.5 Å². The van der Waals surface area contributed by atoms with Crippen molar-refractivity contribution in [2.75, 3.05) is 16.3 Å². The van der Waals surface area contributed by atoms with Crippen LogP contribution in [0.5, 0.6) is 5.75 Å². The van der Waals surface area contributed by atoms with Crippen molar-refractivity contribution in [2.45, 2.75) is 42.8 Å². The third kappa shape index (κ3) is 5.00. The van der Waals surface area contributed by atoms with Crippen molar-refractivity contribution in [1.29, 1.82) is 0 Å². The minimum absolute atomic E-state index is 0.0393. The van der Waals surface area contributed by atoms with Crippen LogP contribution < -0.4 is 14.5 Å². The van der Waals surface area contributed by atoms with Crippen molar-refractivity contribution in [3.63, 3.8) is 0 Å². The molecule has 10 nitrogen and oxygen atoms in total. The van der Waals surface area contributed by atoms with Crippen molar-refractivity contribution in [3.05, 3.63) is 57.6 Å². The number of ether oxygens (including phenoxy) is 1. The molecule has 2 aliphatic heterocycles. The van der Waals surface area contributed by atoms with E-state index in [9.17, 15) is 29.3 Å². The van der Waals surface area contributed by atoms with E-state index in [1.54, 1.807) is 38.1 Å². The molecule has 1 saturated carbocycles. The number of amides is 3. The van der Waals surface area contributed by atoms with Gasteiger partial charge < -0.3 is 9.64 Å². The van der Waals surface area contributed by atoms with Crippen LogP contribution >= 0.6 is 31.9 Å². The fraction of sp³-hybridized carbons (Fsp3) is 0.407. The molecule has 0 aromatic heterocycles. The van der Waals surface area contributed by atoms with Crippen LogP contribution in [0.15, 0.2) is 36.4 Å². The van der Waals surface area contributed by atoms with Gasteiger partial charge in [0.1, 0.15) is 5.75 Å². The fourth-order valence-electron chi connectivity index (χ4n) is 5.55. The zero-order chi connectivity index (χ0) is 28.2. The molecule has 0 unspecified atom stereocenters. The number of benzene rings is 2. The number of carbonyl (C=O) groups excluding carboxylic acids is 4. The van der Waals surface area contributed by atoms with Gasteiger partial charge in [-0.15, -0.1) is 0 Å². The second-order valence-electron chi connectivity index (χ2n) is 10.2. The first-order valence-electron chi connectivity index (χ1n) is 12.5. The van der Waals surface area contributed by atoms with Gasteiger partial charge in [-0.2, -0.15) is 0 Å². The quantitative estimate of drug-likeness (QED) is 0.114. The molecule has 0 bridgehead atoms. The van der Waals surface area contributed by atoms with Gasteiger partial charge in [-0.3, -0.25) is 29.3 Å². The largest absolute Gasteiger partial charge is 0.426 e. The molecule has 0 N–H and O–H groups in total. The van der Waals surface area contributed by atoms with E-state index >= 15 is 0 Å². The summed E-state index contributed by atoms with van der Waals surface area (Å²) in [6.45, 7) is 3.39. The first kappa shape index (κ1) is 27.4. The summed E-state index contributed by atoms with van der Waals surface area (Å²) in [5.74, 6) is -2.63. The summed E-state index contributed by atoms with van der Waals surface area (Å²) in [5.41, 5.74) is 1.78. The van der Waals surface area contributed by atoms with Crippen LogP contribution in [0.25, 0.3) is 0 Å². The summed E-state index contributed by atoms with van der Waals surface area (Å²) in [4.78, 5) is 65.5. The highest BCUT2D eigenvalue weighted by molar-refractivity contribution is 9.12. The maximum atomic E-state index is 13.2. The predicted octanol–water partition coefficient (Wildman–Crippen LogP) is 4.60. The van der Waals surface area contributed by atoms with Gasteiger partial charge in [0.15, 0.2) is 0 Å². The number of rotatable bonds is 5. The van der Waals surface area contributed by atoms with Gasteiger partial charge >= 0.3 is 5.97 Å². The fourth-order valence-corrected chi connectivity index (χ4v) is 6.79. The predicted molar refractivity (Wildman–Crippen MR) is 149 cm³/mol. The number of anilines is 2. The lowest BCUT2D eigenvalue weighted by molar-refractivity contribution is -0.385. The van der Waals surface area contributed by atoms with E-state index in [-0.39, 0.29) is 63.6 Å². The Balaban J connectivity index is 1.28. The lowest BCUT2D eigenvalue weighted by atomic mass is 9.81. The first-order valence-corrected chi connectivity index (χ1v) is 14.3. The summed E-state index contributed by atoms with van der Waals surface area (Å²) in [6.07, 6.45) is 1.06. The van der Waals surface area contributed by atoms with E-state index in [0.29, 0.717) is 35.3 Å². The lowest BCUT2D eigenvalue weighted by Crippen LogP contribution is -2.34. The Hall–Kier alpha value is -3.12. The smallest absolute Gasteiger partial charge is 0.316 e. The highest BCUT2D eigenvalue weighted by Crippen LogP contribution is 2.45. The summed E-state index contributed by atoms with van der Waals surface area (Å²) < 4.78 is 5.56. The number of nitrogens with zero attached hydrogens (tertiary/aromatic N) is 3. The summed E-state index contributed by atoms with van der Waals surface area (Å²) in [5, 5.41) is 11.3. The Bertz CT molecular complexity index is 1390. The molecular formula is C27H25Br2N3O7. The molecule has 2 saturated heterocycles. The van der Waals surface area contributed by atoms with Crippen LogP contribution in [0.4, 0.5) is 17.1 Å². The van der Waals surface area contributed by atoms with E-state index < -0.39 is 16.8 Å². The molecule has 3 fully saturated rings. The zero-order valence-corrected chi connectivity index (χ0v) is 24.3. The number of nitro benzene ring substituents is 1. The molecule has 12 heteroatoms. The van der Waals surface area contributed by atoms with Gasteiger partial charge in [0, 0.05) is 34.2 Å². The van der Waals surface area contributed by atoms with Crippen LogP contribution in [0.2, 0.25) is 0 Å². The minimum atomic E-state index is -0.753. The summed E-state index contributed by atoms with van der Waals surface area (Å²) in [7, 11) is 0. The molecule has 5 atom stereocenters. The number of esters is 1. The van der Waals surface area contributed by atoms with Crippen molar-refractivity contribution in [1.82, 2.24) is 0 Å². The van der Waals surface area contributed by atoms with E-state index in [4.69, 9.17) is 4.74 Å². The zero-order valence-electron chi connectivity index (χ0n) is 21.1. The number of imide groups is 1. The molecule has 2 aromatic rings. The summed E-state index contributed by atoms with van der Waals surface area (Å²) in [6, 6.07) is 9.23. The summed E-state index contributed by atoms with van der Waals surface area (Å²) >= 11 is 7.18. The number of hydrogen-bond acceptors (Lipinski definition) is 7. The van der Waals surface area contributed by atoms with E-state index in [0.717, 1.165) is 0 Å². The van der Waals surface area contributed by atoms with Crippen LogP contribution in [0.1, 0.15) is 30.4 Å². The first-order chi connectivity index (χ1) is 18.5. The van der Waals surface area contributed by atoms with E-state index in [1.165, 1.54) is 21.9 Å². The van der Waals surface area contributed by atoms with E-state index in [1.807, 2.05) is 0 Å². The SMILES string of the molecule is Cc1cc(OC(=O)[C@@H]2CC(=O)N(c3ccc(C)c([N+](=O)[O-])c3)C2)ccc1N1C(=O)[C@@H]2C[C@H](Br)[C@@H](Br)C[C@H]2C1=O. The van der Waals surface area contributed by atoms with Crippen LogP contribution in [-0.4, -0.2) is 44.8 Å². The van der Waals surface area contributed by atoms with Crippen LogP contribution in [-0.2, 0) is 19.2 Å². The number of carbonyl (C=O) groups is 4. The lowest BCUT2D eigenvalue weighted by Gasteiger charge is -2.29. The number of aryl methyl sites for hydroxylation is 2. The normalized spacial score (nSPS) is 26.7. The van der Waals surface area contributed by atoms with Gasteiger partial charge in [0.2, 0.25) is 17.7 Å². The highest BCUT2D eigenvalue weighted by Gasteiger charge is 2.52. The molecule has 39 heavy (non-hydrogen) atoms. The van der Waals surface area contributed by atoms with E-state index in [2.05, 4.69) is 31.9 Å². The Kier molecular flexibility index (Phi) is 7.36. The third-order valence-electron chi connectivity index (χ3n) is 7.70. The Morgan fingerprint density at radius 1 is 0.974 bits per heavy atom. The molecule has 1 aliphatic carbocycles. The molecular weight excluding hydrogens is 638 g/mol. The van der Waals surface area contributed by atoms with Crippen molar-refractivity contribution in [2.24, 2.45) is 17.8 Å². The average molecular weight is 663 g/mol. The Morgan fingerprint density at radius 2 is 1.62 bits per heavy atom. The molecule has 3 amide bonds. The molecule has 0 spiro atoms. The average Bonchev–Trinajstić information content (AvgIpc) is 3.38. The van der Waals surface area contributed by atoms with Crippen molar-refractivity contribution >= 4 is 72.6 Å². The third-order valence-corrected chi connectivity index (χ3v) is 10.4. The molecule has 3 aliphatic rings. The highest BCUT2D eigenvalue weighted by atomic mass is 79.9.